The molecule has 0 aliphatic heterocycles. The zero-order chi connectivity index (χ0) is 10.7. The lowest BCUT2D eigenvalue weighted by Gasteiger charge is -1.95. The molecule has 0 saturated carbocycles. The highest BCUT2D eigenvalue weighted by molar-refractivity contribution is 5.77. The van der Waals surface area contributed by atoms with Gasteiger partial charge in [0.05, 0.1) is 18.2 Å². The smallest absolute Gasteiger partial charge is 0.192 e. The van der Waals surface area contributed by atoms with Crippen LogP contribution < -0.4 is 11.2 Å². The molecule has 0 spiro atoms. The van der Waals surface area contributed by atoms with Gasteiger partial charge in [0.25, 0.3) is 0 Å². The predicted molar refractivity (Wildman–Crippen MR) is 58.4 cm³/mol. The van der Waals surface area contributed by atoms with Crippen molar-refractivity contribution in [3.8, 4) is 11.8 Å². The number of nitrogens with two attached hydrogens (primary N) is 1. The van der Waals surface area contributed by atoms with E-state index in [1.165, 1.54) is 12.3 Å². The Balaban J connectivity index is 2.65. The van der Waals surface area contributed by atoms with E-state index < -0.39 is 0 Å². The first-order valence-corrected chi connectivity index (χ1v) is 4.52. The number of fused-ring (bicyclic) bond motifs is 1. The van der Waals surface area contributed by atoms with E-state index in [0.717, 1.165) is 5.56 Å². The van der Waals surface area contributed by atoms with Crippen molar-refractivity contribution < 1.29 is 4.42 Å². The molecule has 0 fully saturated rings. The van der Waals surface area contributed by atoms with Gasteiger partial charge in [0.2, 0.25) is 0 Å². The molecule has 15 heavy (non-hydrogen) atoms. The van der Waals surface area contributed by atoms with E-state index in [1.54, 1.807) is 18.2 Å². The van der Waals surface area contributed by atoms with E-state index >= 15 is 0 Å². The van der Waals surface area contributed by atoms with Gasteiger partial charge in [-0.15, -0.1) is 0 Å². The molecule has 3 nitrogen and oxygen atoms in total. The molecule has 0 amide bonds. The average Bonchev–Trinajstić information content (AvgIpc) is 2.27. The molecule has 3 heteroatoms. The summed E-state index contributed by atoms with van der Waals surface area (Å²) in [4.78, 5) is 11.5. The Morgan fingerprint density at radius 1 is 1.33 bits per heavy atom. The van der Waals surface area contributed by atoms with Gasteiger partial charge in [0.15, 0.2) is 5.43 Å². The molecule has 74 valence electrons. The molecular formula is C12H9NO2. The van der Waals surface area contributed by atoms with Crippen molar-refractivity contribution in [2.45, 2.75) is 0 Å². The Labute approximate surface area is 86.5 Å². The van der Waals surface area contributed by atoms with Gasteiger partial charge in [-0.05, 0) is 18.2 Å². The van der Waals surface area contributed by atoms with Crippen molar-refractivity contribution in [3.05, 3.63) is 46.3 Å². The van der Waals surface area contributed by atoms with Gasteiger partial charge in [-0.25, -0.2) is 0 Å². The molecule has 1 aromatic carbocycles. The second-order valence-electron chi connectivity index (χ2n) is 3.00. The fourth-order valence-electron chi connectivity index (χ4n) is 1.32. The molecule has 0 unspecified atom stereocenters. The SMILES string of the molecule is NCC#Cc1ccc2occc(=O)c2c1. The highest BCUT2D eigenvalue weighted by Crippen LogP contribution is 2.11. The first-order chi connectivity index (χ1) is 7.31. The van der Waals surface area contributed by atoms with Crippen molar-refractivity contribution in [3.63, 3.8) is 0 Å². The van der Waals surface area contributed by atoms with E-state index in [-0.39, 0.29) is 5.43 Å². The third kappa shape index (κ3) is 1.90. The van der Waals surface area contributed by atoms with Crippen LogP contribution in [-0.4, -0.2) is 6.54 Å². The van der Waals surface area contributed by atoms with Crippen LogP contribution in [0.1, 0.15) is 5.56 Å². The lowest BCUT2D eigenvalue weighted by Crippen LogP contribution is -1.98. The number of hydrogen-bond acceptors (Lipinski definition) is 3. The highest BCUT2D eigenvalue weighted by Gasteiger charge is 1.99. The Morgan fingerprint density at radius 2 is 2.20 bits per heavy atom. The number of benzene rings is 1. The first kappa shape index (κ1) is 9.50. The molecule has 0 aliphatic rings. The van der Waals surface area contributed by atoms with Gasteiger partial charge < -0.3 is 10.2 Å². The van der Waals surface area contributed by atoms with Crippen molar-refractivity contribution in [2.75, 3.05) is 6.54 Å². The Kier molecular flexibility index (Phi) is 2.53. The Morgan fingerprint density at radius 3 is 3.00 bits per heavy atom. The molecule has 0 radical (unpaired) electrons. The Hall–Kier alpha value is -2.05. The summed E-state index contributed by atoms with van der Waals surface area (Å²) in [6.45, 7) is 0.307. The summed E-state index contributed by atoms with van der Waals surface area (Å²) in [7, 11) is 0. The van der Waals surface area contributed by atoms with E-state index in [0.29, 0.717) is 17.5 Å². The minimum absolute atomic E-state index is 0.0624. The minimum atomic E-state index is -0.0624. The maximum atomic E-state index is 11.5. The molecule has 0 saturated heterocycles. The van der Waals surface area contributed by atoms with Crippen molar-refractivity contribution in [1.82, 2.24) is 0 Å². The van der Waals surface area contributed by atoms with Crippen LogP contribution in [0.2, 0.25) is 0 Å². The molecule has 0 aliphatic carbocycles. The molecule has 2 aromatic rings. The third-order valence-electron chi connectivity index (χ3n) is 1.99. The molecule has 2 N–H and O–H groups in total. The van der Waals surface area contributed by atoms with Crippen LogP contribution in [0.25, 0.3) is 11.0 Å². The van der Waals surface area contributed by atoms with Crippen LogP contribution >= 0.6 is 0 Å². The highest BCUT2D eigenvalue weighted by atomic mass is 16.3. The van der Waals surface area contributed by atoms with E-state index in [4.69, 9.17) is 10.2 Å². The van der Waals surface area contributed by atoms with Gasteiger partial charge in [-0.1, -0.05) is 11.8 Å². The maximum absolute atomic E-state index is 11.5. The Bertz CT molecular complexity index is 602. The van der Waals surface area contributed by atoms with E-state index in [2.05, 4.69) is 11.8 Å². The van der Waals surface area contributed by atoms with Gasteiger partial charge in [-0.2, -0.15) is 0 Å². The van der Waals surface area contributed by atoms with Crippen LogP contribution in [0, 0.1) is 11.8 Å². The van der Waals surface area contributed by atoms with Crippen LogP contribution in [0.15, 0.2) is 39.7 Å². The first-order valence-electron chi connectivity index (χ1n) is 4.52. The van der Waals surface area contributed by atoms with Crippen molar-refractivity contribution >= 4 is 11.0 Å². The molecule has 1 heterocycles. The summed E-state index contributed by atoms with van der Waals surface area (Å²) in [6, 6.07) is 6.64. The van der Waals surface area contributed by atoms with Crippen LogP contribution in [0.5, 0.6) is 0 Å². The fraction of sp³-hybridized carbons (Fsp3) is 0.0833. The van der Waals surface area contributed by atoms with Crippen molar-refractivity contribution in [2.24, 2.45) is 5.73 Å². The van der Waals surface area contributed by atoms with Crippen LogP contribution in [0.4, 0.5) is 0 Å². The number of hydrogen-bond donors (Lipinski definition) is 1. The van der Waals surface area contributed by atoms with Gasteiger partial charge >= 0.3 is 0 Å². The second kappa shape index (κ2) is 3.99. The van der Waals surface area contributed by atoms with Gasteiger partial charge in [-0.3, -0.25) is 4.79 Å². The lowest BCUT2D eigenvalue weighted by molar-refractivity contribution is 0.602. The largest absolute Gasteiger partial charge is 0.464 e. The second-order valence-corrected chi connectivity index (χ2v) is 3.00. The molecule has 0 bridgehead atoms. The molecule has 0 atom stereocenters. The summed E-state index contributed by atoms with van der Waals surface area (Å²) in [5.41, 5.74) is 6.54. The fourth-order valence-corrected chi connectivity index (χ4v) is 1.32. The molecular weight excluding hydrogens is 190 g/mol. The summed E-state index contributed by atoms with van der Waals surface area (Å²) in [6.07, 6.45) is 1.38. The summed E-state index contributed by atoms with van der Waals surface area (Å²) in [5.74, 6) is 5.60. The monoisotopic (exact) mass is 199 g/mol. The standard InChI is InChI=1S/C12H9NO2/c13-6-1-2-9-3-4-12-10(8-9)11(14)5-7-15-12/h3-5,7-8H,6,13H2. The number of rotatable bonds is 0. The van der Waals surface area contributed by atoms with E-state index in [9.17, 15) is 4.79 Å². The quantitative estimate of drug-likeness (QED) is 0.646. The predicted octanol–water partition coefficient (Wildman–Crippen LogP) is 1.10. The van der Waals surface area contributed by atoms with Gasteiger partial charge in [0, 0.05) is 11.6 Å². The zero-order valence-corrected chi connectivity index (χ0v) is 7.99. The van der Waals surface area contributed by atoms with Crippen LogP contribution in [0.3, 0.4) is 0 Å². The summed E-state index contributed by atoms with van der Waals surface area (Å²) in [5, 5.41) is 0.543. The molecule has 2 rings (SSSR count). The third-order valence-corrected chi connectivity index (χ3v) is 1.99. The average molecular weight is 199 g/mol. The maximum Gasteiger partial charge on any atom is 0.192 e. The van der Waals surface area contributed by atoms with Crippen molar-refractivity contribution in [1.29, 1.82) is 0 Å². The summed E-state index contributed by atoms with van der Waals surface area (Å²) >= 11 is 0. The minimum Gasteiger partial charge on any atom is -0.464 e. The topological polar surface area (TPSA) is 56.2 Å². The van der Waals surface area contributed by atoms with E-state index in [1.807, 2.05) is 0 Å². The van der Waals surface area contributed by atoms with Gasteiger partial charge in [0.1, 0.15) is 5.58 Å². The zero-order valence-electron chi connectivity index (χ0n) is 7.99. The molecule has 1 aromatic heterocycles. The lowest BCUT2D eigenvalue weighted by atomic mass is 10.1. The summed E-state index contributed by atoms with van der Waals surface area (Å²) < 4.78 is 5.18. The van der Waals surface area contributed by atoms with Crippen LogP contribution in [-0.2, 0) is 0 Å². The normalized spacial score (nSPS) is 9.67.